The van der Waals surface area contributed by atoms with E-state index in [-0.39, 0.29) is 0 Å². The Kier molecular flexibility index (Phi) is 3.52. The van der Waals surface area contributed by atoms with Crippen LogP contribution in [0.2, 0.25) is 5.02 Å². The Bertz CT molecular complexity index is 550. The summed E-state index contributed by atoms with van der Waals surface area (Å²) in [6, 6.07) is 5.64. The number of aliphatic hydroxyl groups is 1. The number of aliphatic hydroxyl groups excluding tert-OH is 1. The van der Waals surface area contributed by atoms with Crippen molar-refractivity contribution >= 4 is 22.9 Å². The molecule has 4 heteroatoms. The molecule has 2 nitrogen and oxygen atoms in total. The van der Waals surface area contributed by atoms with E-state index in [0.29, 0.717) is 5.02 Å². The molecule has 90 valence electrons. The normalized spacial score (nSPS) is 12.8. The van der Waals surface area contributed by atoms with Crippen molar-refractivity contribution in [2.45, 2.75) is 26.9 Å². The van der Waals surface area contributed by atoms with Crippen LogP contribution in [0.1, 0.15) is 32.8 Å². The van der Waals surface area contributed by atoms with Crippen LogP contribution in [0.25, 0.3) is 0 Å². The lowest BCUT2D eigenvalue weighted by Crippen LogP contribution is -1.99. The molecule has 1 heterocycles. The fourth-order valence-electron chi connectivity index (χ4n) is 1.73. The van der Waals surface area contributed by atoms with Crippen LogP contribution < -0.4 is 0 Å². The van der Waals surface area contributed by atoms with Gasteiger partial charge in [-0.2, -0.15) is 0 Å². The van der Waals surface area contributed by atoms with Gasteiger partial charge in [-0.1, -0.05) is 23.7 Å². The van der Waals surface area contributed by atoms with Gasteiger partial charge in [0, 0.05) is 5.02 Å². The fraction of sp³-hybridized carbons (Fsp3) is 0.308. The molecule has 0 radical (unpaired) electrons. The Balaban J connectivity index is 2.40. The van der Waals surface area contributed by atoms with E-state index in [1.165, 1.54) is 11.3 Å². The van der Waals surface area contributed by atoms with E-state index < -0.39 is 6.10 Å². The highest BCUT2D eigenvalue weighted by molar-refractivity contribution is 7.11. The third kappa shape index (κ3) is 2.51. The molecule has 17 heavy (non-hydrogen) atoms. The number of hydrogen-bond donors (Lipinski definition) is 1. The second-order valence-electron chi connectivity index (χ2n) is 4.09. The molecule has 1 unspecified atom stereocenters. The second-order valence-corrected chi connectivity index (χ2v) is 5.74. The Morgan fingerprint density at radius 2 is 2.00 bits per heavy atom. The molecule has 1 aromatic carbocycles. The Hall–Kier alpha value is -0.900. The zero-order valence-corrected chi connectivity index (χ0v) is 11.6. The number of aryl methyl sites for hydroxylation is 3. The molecule has 0 aliphatic rings. The van der Waals surface area contributed by atoms with E-state index in [9.17, 15) is 5.11 Å². The molecular formula is C13H14ClNOS. The highest BCUT2D eigenvalue weighted by Crippen LogP contribution is 2.31. The van der Waals surface area contributed by atoms with Gasteiger partial charge >= 0.3 is 0 Å². The van der Waals surface area contributed by atoms with Gasteiger partial charge in [-0.15, -0.1) is 11.3 Å². The van der Waals surface area contributed by atoms with Gasteiger partial charge in [-0.05, 0) is 38.0 Å². The number of rotatable bonds is 2. The lowest BCUT2D eigenvalue weighted by atomic mass is 10.1. The molecule has 0 amide bonds. The maximum absolute atomic E-state index is 10.3. The lowest BCUT2D eigenvalue weighted by Gasteiger charge is -2.11. The van der Waals surface area contributed by atoms with Crippen LogP contribution in [-0.2, 0) is 0 Å². The third-order valence-electron chi connectivity index (χ3n) is 2.70. The quantitative estimate of drug-likeness (QED) is 0.898. The summed E-state index contributed by atoms with van der Waals surface area (Å²) in [7, 11) is 0. The summed E-state index contributed by atoms with van der Waals surface area (Å²) in [4.78, 5) is 5.21. The van der Waals surface area contributed by atoms with Crippen LogP contribution in [0.4, 0.5) is 0 Å². The Morgan fingerprint density at radius 3 is 2.53 bits per heavy atom. The molecule has 0 aliphatic carbocycles. The number of aromatic nitrogens is 1. The van der Waals surface area contributed by atoms with Crippen molar-refractivity contribution in [1.29, 1.82) is 0 Å². The number of benzene rings is 1. The average molecular weight is 268 g/mol. The first-order chi connectivity index (χ1) is 7.99. The van der Waals surface area contributed by atoms with Gasteiger partial charge in [0.05, 0.1) is 15.6 Å². The zero-order valence-electron chi connectivity index (χ0n) is 9.99. The molecule has 1 N–H and O–H groups in total. The summed E-state index contributed by atoms with van der Waals surface area (Å²) in [6.07, 6.45) is -0.640. The van der Waals surface area contributed by atoms with Crippen molar-refractivity contribution in [3.05, 3.63) is 49.9 Å². The molecule has 0 saturated carbocycles. The first-order valence-electron chi connectivity index (χ1n) is 5.37. The number of hydrogen-bond acceptors (Lipinski definition) is 3. The van der Waals surface area contributed by atoms with E-state index in [4.69, 9.17) is 11.6 Å². The van der Waals surface area contributed by atoms with Crippen molar-refractivity contribution in [2.24, 2.45) is 0 Å². The summed E-state index contributed by atoms with van der Waals surface area (Å²) in [5, 5.41) is 12.0. The molecule has 0 spiro atoms. The minimum absolute atomic E-state index is 0.640. The Labute approximate surface area is 110 Å². The molecule has 0 bridgehead atoms. The van der Waals surface area contributed by atoms with E-state index in [1.54, 1.807) is 0 Å². The van der Waals surface area contributed by atoms with Gasteiger partial charge in [0.15, 0.2) is 0 Å². The molecule has 2 rings (SSSR count). The molecule has 2 aromatic rings. The van der Waals surface area contributed by atoms with Gasteiger partial charge in [0.2, 0.25) is 0 Å². The standard InChI is InChI=1S/C13H14ClNOS/c1-7-4-5-10(6-11(7)14)12(16)13-8(2)15-9(3)17-13/h4-6,12,16H,1-3H3. The third-order valence-corrected chi connectivity index (χ3v) is 4.23. The molecule has 0 fully saturated rings. The number of nitrogens with zero attached hydrogens (tertiary/aromatic N) is 1. The van der Waals surface area contributed by atoms with Crippen LogP contribution in [0.3, 0.4) is 0 Å². The fourth-order valence-corrected chi connectivity index (χ4v) is 2.86. The zero-order chi connectivity index (χ0) is 12.6. The highest BCUT2D eigenvalue weighted by Gasteiger charge is 2.17. The first kappa shape index (κ1) is 12.6. The van der Waals surface area contributed by atoms with E-state index in [0.717, 1.165) is 26.7 Å². The van der Waals surface area contributed by atoms with Crippen molar-refractivity contribution < 1.29 is 5.11 Å². The SMILES string of the molecule is Cc1nc(C)c(C(O)c2ccc(C)c(Cl)c2)s1. The predicted octanol–water partition coefficient (Wildman–Crippen LogP) is 3.80. The molecule has 1 aromatic heterocycles. The summed E-state index contributed by atoms with van der Waals surface area (Å²) in [6.45, 7) is 5.80. The summed E-state index contributed by atoms with van der Waals surface area (Å²) in [5.74, 6) is 0. The molecule has 1 atom stereocenters. The first-order valence-corrected chi connectivity index (χ1v) is 6.56. The maximum Gasteiger partial charge on any atom is 0.115 e. The largest absolute Gasteiger partial charge is 0.383 e. The summed E-state index contributed by atoms with van der Waals surface area (Å²) in [5.41, 5.74) is 2.71. The smallest absolute Gasteiger partial charge is 0.115 e. The van der Waals surface area contributed by atoms with E-state index in [2.05, 4.69) is 4.98 Å². The predicted molar refractivity (Wildman–Crippen MR) is 71.8 cm³/mol. The highest BCUT2D eigenvalue weighted by atomic mass is 35.5. The van der Waals surface area contributed by atoms with Crippen molar-refractivity contribution in [3.63, 3.8) is 0 Å². The maximum atomic E-state index is 10.3. The van der Waals surface area contributed by atoms with Crippen molar-refractivity contribution in [2.75, 3.05) is 0 Å². The molecular weight excluding hydrogens is 254 g/mol. The summed E-state index contributed by atoms with van der Waals surface area (Å²) < 4.78 is 0. The van der Waals surface area contributed by atoms with Crippen molar-refractivity contribution in [3.8, 4) is 0 Å². The van der Waals surface area contributed by atoms with E-state index >= 15 is 0 Å². The molecule has 0 aliphatic heterocycles. The molecule has 0 saturated heterocycles. The average Bonchev–Trinajstić information content (AvgIpc) is 2.61. The van der Waals surface area contributed by atoms with Crippen LogP contribution in [0.15, 0.2) is 18.2 Å². The second kappa shape index (κ2) is 4.77. The Morgan fingerprint density at radius 1 is 1.29 bits per heavy atom. The van der Waals surface area contributed by atoms with Gasteiger partial charge in [0.1, 0.15) is 6.10 Å². The van der Waals surface area contributed by atoms with Gasteiger partial charge in [-0.3, -0.25) is 0 Å². The van der Waals surface area contributed by atoms with Crippen LogP contribution in [0, 0.1) is 20.8 Å². The van der Waals surface area contributed by atoms with Gasteiger partial charge < -0.3 is 5.11 Å². The van der Waals surface area contributed by atoms with Gasteiger partial charge in [0.25, 0.3) is 0 Å². The topological polar surface area (TPSA) is 33.1 Å². The van der Waals surface area contributed by atoms with Crippen LogP contribution in [0.5, 0.6) is 0 Å². The minimum atomic E-state index is -0.640. The van der Waals surface area contributed by atoms with E-state index in [1.807, 2.05) is 39.0 Å². The van der Waals surface area contributed by atoms with Gasteiger partial charge in [-0.25, -0.2) is 4.98 Å². The van der Waals surface area contributed by atoms with Crippen molar-refractivity contribution in [1.82, 2.24) is 4.98 Å². The lowest BCUT2D eigenvalue weighted by molar-refractivity contribution is 0.223. The minimum Gasteiger partial charge on any atom is -0.383 e. The number of halogens is 1. The monoisotopic (exact) mass is 267 g/mol. The van der Waals surface area contributed by atoms with Crippen LogP contribution in [-0.4, -0.2) is 10.1 Å². The number of thiazole rings is 1. The van der Waals surface area contributed by atoms with Crippen LogP contribution >= 0.6 is 22.9 Å². The summed E-state index contributed by atoms with van der Waals surface area (Å²) >= 11 is 7.59.